The second-order valence-corrected chi connectivity index (χ2v) is 4.13. The summed E-state index contributed by atoms with van der Waals surface area (Å²) in [5.74, 6) is -1.05. The van der Waals surface area contributed by atoms with Crippen LogP contribution < -0.4 is 0 Å². The lowest BCUT2D eigenvalue weighted by molar-refractivity contribution is -0.139. The molecule has 1 aromatic rings. The molecule has 0 bridgehead atoms. The first-order valence-electron chi connectivity index (χ1n) is 6.00. The molecule has 2 heteroatoms. The van der Waals surface area contributed by atoms with Gasteiger partial charge < -0.3 is 5.11 Å². The third-order valence-corrected chi connectivity index (χ3v) is 2.91. The summed E-state index contributed by atoms with van der Waals surface area (Å²) in [6.45, 7) is 4.17. The predicted octanol–water partition coefficient (Wildman–Crippen LogP) is 3.61. The van der Waals surface area contributed by atoms with Crippen LogP contribution in [0.25, 0.3) is 0 Å². The summed E-state index contributed by atoms with van der Waals surface area (Å²) in [6, 6.07) is 7.94. The highest BCUT2D eigenvalue weighted by Gasteiger charge is 2.18. The van der Waals surface area contributed by atoms with Crippen molar-refractivity contribution in [1.82, 2.24) is 0 Å². The van der Waals surface area contributed by atoms with Gasteiger partial charge >= 0.3 is 5.97 Å². The number of rotatable bonds is 6. The Morgan fingerprint density at radius 3 is 2.69 bits per heavy atom. The van der Waals surface area contributed by atoms with Crippen molar-refractivity contribution in [1.29, 1.82) is 0 Å². The molecule has 1 rings (SSSR count). The molecule has 1 N–H and O–H groups in total. The number of aliphatic carboxylic acids is 1. The van der Waals surface area contributed by atoms with Crippen molar-refractivity contribution in [2.75, 3.05) is 0 Å². The van der Waals surface area contributed by atoms with Crippen molar-refractivity contribution in [3.8, 4) is 0 Å². The molecule has 0 aliphatic carbocycles. The zero-order valence-electron chi connectivity index (χ0n) is 10.1. The van der Waals surface area contributed by atoms with Gasteiger partial charge in [-0.1, -0.05) is 51.0 Å². The number of hydrogen-bond acceptors (Lipinski definition) is 1. The van der Waals surface area contributed by atoms with E-state index in [2.05, 4.69) is 13.8 Å². The van der Waals surface area contributed by atoms with Crippen LogP contribution in [-0.4, -0.2) is 11.1 Å². The van der Waals surface area contributed by atoms with E-state index in [1.54, 1.807) is 0 Å². The molecule has 0 saturated heterocycles. The number of carboxylic acid groups (broad SMARTS) is 1. The molecule has 2 nitrogen and oxygen atoms in total. The van der Waals surface area contributed by atoms with Crippen molar-refractivity contribution >= 4 is 5.97 Å². The van der Waals surface area contributed by atoms with E-state index < -0.39 is 5.97 Å². The third-order valence-electron chi connectivity index (χ3n) is 2.91. The van der Waals surface area contributed by atoms with Gasteiger partial charge in [0.15, 0.2) is 0 Å². The Balaban J connectivity index is 2.87. The van der Waals surface area contributed by atoms with Crippen LogP contribution in [-0.2, 0) is 11.2 Å². The number of carboxylic acids is 1. The van der Waals surface area contributed by atoms with Gasteiger partial charge in [-0.2, -0.15) is 0 Å². The van der Waals surface area contributed by atoms with E-state index >= 15 is 0 Å². The normalized spacial score (nSPS) is 12.4. The standard InChI is InChI=1S/C14H20O2/c1-3-5-9-13(14(15)16)12-8-6-7-11(4-2)10-12/h6-8,10,13H,3-5,9H2,1-2H3,(H,15,16). The molecule has 16 heavy (non-hydrogen) atoms. The molecule has 0 aromatic heterocycles. The molecule has 0 spiro atoms. The van der Waals surface area contributed by atoms with Crippen molar-refractivity contribution in [3.05, 3.63) is 35.4 Å². The topological polar surface area (TPSA) is 37.3 Å². The monoisotopic (exact) mass is 220 g/mol. The maximum absolute atomic E-state index is 11.2. The average Bonchev–Trinajstić information content (AvgIpc) is 2.29. The fraction of sp³-hybridized carbons (Fsp3) is 0.500. The minimum absolute atomic E-state index is 0.341. The summed E-state index contributed by atoms with van der Waals surface area (Å²) >= 11 is 0. The van der Waals surface area contributed by atoms with Crippen LogP contribution in [0.5, 0.6) is 0 Å². The molecule has 1 atom stereocenters. The van der Waals surface area contributed by atoms with Crippen LogP contribution >= 0.6 is 0 Å². The minimum atomic E-state index is -0.707. The van der Waals surface area contributed by atoms with E-state index in [-0.39, 0.29) is 5.92 Å². The van der Waals surface area contributed by atoms with E-state index in [4.69, 9.17) is 0 Å². The zero-order chi connectivity index (χ0) is 12.0. The van der Waals surface area contributed by atoms with Gasteiger partial charge in [0.2, 0.25) is 0 Å². The lowest BCUT2D eigenvalue weighted by atomic mass is 9.92. The van der Waals surface area contributed by atoms with Crippen LogP contribution in [0, 0.1) is 0 Å². The van der Waals surface area contributed by atoms with Gasteiger partial charge in [-0.05, 0) is 24.0 Å². The predicted molar refractivity (Wildman–Crippen MR) is 65.7 cm³/mol. The van der Waals surface area contributed by atoms with Crippen molar-refractivity contribution in [2.45, 2.75) is 45.4 Å². The number of unbranched alkanes of at least 4 members (excludes halogenated alkanes) is 1. The SMILES string of the molecule is CCCCC(C(=O)O)c1cccc(CC)c1. The van der Waals surface area contributed by atoms with Crippen LogP contribution in [0.2, 0.25) is 0 Å². The summed E-state index contributed by atoms with van der Waals surface area (Å²) in [4.78, 5) is 11.2. The van der Waals surface area contributed by atoms with E-state index in [9.17, 15) is 9.90 Å². The van der Waals surface area contributed by atoms with Gasteiger partial charge in [0.25, 0.3) is 0 Å². The van der Waals surface area contributed by atoms with E-state index in [0.717, 1.165) is 31.2 Å². The second-order valence-electron chi connectivity index (χ2n) is 4.13. The molecular weight excluding hydrogens is 200 g/mol. The number of aryl methyl sites for hydroxylation is 1. The highest BCUT2D eigenvalue weighted by molar-refractivity contribution is 5.76. The first kappa shape index (κ1) is 12.8. The van der Waals surface area contributed by atoms with Gasteiger partial charge in [0.1, 0.15) is 0 Å². The van der Waals surface area contributed by atoms with Gasteiger partial charge in [-0.3, -0.25) is 4.79 Å². The molecule has 0 fully saturated rings. The second kappa shape index (κ2) is 6.31. The van der Waals surface area contributed by atoms with Gasteiger partial charge in [0, 0.05) is 0 Å². The number of carbonyl (C=O) groups is 1. The lowest BCUT2D eigenvalue weighted by Crippen LogP contribution is -2.11. The van der Waals surface area contributed by atoms with E-state index in [1.807, 2.05) is 24.3 Å². The average molecular weight is 220 g/mol. The molecule has 88 valence electrons. The lowest BCUT2D eigenvalue weighted by Gasteiger charge is -2.13. The summed E-state index contributed by atoms with van der Waals surface area (Å²) in [5, 5.41) is 9.22. The maximum Gasteiger partial charge on any atom is 0.310 e. The highest BCUT2D eigenvalue weighted by Crippen LogP contribution is 2.23. The Bertz CT molecular complexity index is 344. The molecular formula is C14H20O2. The van der Waals surface area contributed by atoms with Crippen LogP contribution in [0.15, 0.2) is 24.3 Å². The summed E-state index contributed by atoms with van der Waals surface area (Å²) in [6.07, 6.45) is 3.69. The molecule has 0 saturated carbocycles. The largest absolute Gasteiger partial charge is 0.481 e. The molecule has 0 amide bonds. The van der Waals surface area contributed by atoms with Crippen molar-refractivity contribution < 1.29 is 9.90 Å². The minimum Gasteiger partial charge on any atom is -0.481 e. The Morgan fingerprint density at radius 1 is 1.38 bits per heavy atom. The van der Waals surface area contributed by atoms with Crippen molar-refractivity contribution in [3.63, 3.8) is 0 Å². The molecule has 1 unspecified atom stereocenters. The fourth-order valence-corrected chi connectivity index (χ4v) is 1.87. The number of benzene rings is 1. The van der Waals surface area contributed by atoms with Crippen LogP contribution in [0.3, 0.4) is 0 Å². The van der Waals surface area contributed by atoms with Crippen LogP contribution in [0.1, 0.15) is 50.2 Å². The van der Waals surface area contributed by atoms with Gasteiger partial charge in [-0.15, -0.1) is 0 Å². The first-order chi connectivity index (χ1) is 7.69. The smallest absolute Gasteiger partial charge is 0.310 e. The Hall–Kier alpha value is -1.31. The summed E-state index contributed by atoms with van der Waals surface area (Å²) in [5.41, 5.74) is 2.15. The Labute approximate surface area is 97.3 Å². The summed E-state index contributed by atoms with van der Waals surface area (Å²) < 4.78 is 0. The quantitative estimate of drug-likeness (QED) is 0.795. The Morgan fingerprint density at radius 2 is 2.12 bits per heavy atom. The van der Waals surface area contributed by atoms with Crippen molar-refractivity contribution in [2.24, 2.45) is 0 Å². The highest BCUT2D eigenvalue weighted by atomic mass is 16.4. The molecule has 1 aromatic carbocycles. The van der Waals surface area contributed by atoms with Crippen LogP contribution in [0.4, 0.5) is 0 Å². The molecule has 0 radical (unpaired) electrons. The summed E-state index contributed by atoms with van der Waals surface area (Å²) in [7, 11) is 0. The van der Waals surface area contributed by atoms with Gasteiger partial charge in [-0.25, -0.2) is 0 Å². The molecule has 0 aliphatic heterocycles. The zero-order valence-corrected chi connectivity index (χ0v) is 10.1. The number of hydrogen-bond donors (Lipinski definition) is 1. The van der Waals surface area contributed by atoms with E-state index in [0.29, 0.717) is 0 Å². The first-order valence-corrected chi connectivity index (χ1v) is 6.00. The molecule has 0 heterocycles. The molecule has 0 aliphatic rings. The fourth-order valence-electron chi connectivity index (χ4n) is 1.87. The Kier molecular flexibility index (Phi) is 5.03. The van der Waals surface area contributed by atoms with E-state index in [1.165, 1.54) is 5.56 Å². The van der Waals surface area contributed by atoms with Gasteiger partial charge in [0.05, 0.1) is 5.92 Å². The maximum atomic E-state index is 11.2. The third kappa shape index (κ3) is 3.37.